The summed E-state index contributed by atoms with van der Waals surface area (Å²) in [6.07, 6.45) is 9.00. The zero-order chi connectivity index (χ0) is 22.2. The molecule has 0 N–H and O–H groups in total. The second kappa shape index (κ2) is 7.99. The highest BCUT2D eigenvalue weighted by molar-refractivity contribution is 5.93. The van der Waals surface area contributed by atoms with Crippen LogP contribution in [0.2, 0.25) is 0 Å². The van der Waals surface area contributed by atoms with E-state index in [1.807, 2.05) is 56.3 Å². The van der Waals surface area contributed by atoms with Crippen LogP contribution in [0.4, 0.5) is 0 Å². The Bertz CT molecular complexity index is 1230. The maximum atomic E-state index is 13.4. The summed E-state index contributed by atoms with van der Waals surface area (Å²) in [5, 5.41) is 0.395. The second-order valence-corrected chi connectivity index (χ2v) is 8.43. The Balaban J connectivity index is 1.77. The lowest BCUT2D eigenvalue weighted by Gasteiger charge is -2.28. The maximum absolute atomic E-state index is 13.4. The molecule has 3 aromatic rings. The number of methoxy groups -OCH3 is 1. The number of fused-ring (bicyclic) bond motifs is 2. The zero-order valence-corrected chi connectivity index (χ0v) is 18.4. The number of hydrogen-bond acceptors (Lipinski definition) is 5. The van der Waals surface area contributed by atoms with E-state index >= 15 is 0 Å². The van der Waals surface area contributed by atoms with Crippen LogP contribution < -0.4 is 19.6 Å². The molecule has 0 fully saturated rings. The van der Waals surface area contributed by atoms with E-state index in [-0.39, 0.29) is 5.43 Å². The van der Waals surface area contributed by atoms with Crippen molar-refractivity contribution in [1.29, 1.82) is 0 Å². The molecule has 0 saturated carbocycles. The molecule has 0 unspecified atom stereocenters. The van der Waals surface area contributed by atoms with E-state index in [1.165, 1.54) is 6.26 Å². The van der Waals surface area contributed by atoms with Gasteiger partial charge in [-0.15, -0.1) is 0 Å². The molecular weight excluding hydrogens is 392 g/mol. The Labute approximate surface area is 181 Å². The molecule has 0 bridgehead atoms. The highest BCUT2D eigenvalue weighted by atomic mass is 16.5. The van der Waals surface area contributed by atoms with Crippen molar-refractivity contribution in [3.8, 4) is 28.4 Å². The van der Waals surface area contributed by atoms with Gasteiger partial charge >= 0.3 is 0 Å². The predicted octanol–water partition coefficient (Wildman–Crippen LogP) is 6.20. The zero-order valence-electron chi connectivity index (χ0n) is 18.4. The van der Waals surface area contributed by atoms with Gasteiger partial charge in [0.05, 0.1) is 24.5 Å². The molecule has 2 heterocycles. The third kappa shape index (κ3) is 4.08. The van der Waals surface area contributed by atoms with Gasteiger partial charge in [-0.3, -0.25) is 4.79 Å². The molecule has 0 radical (unpaired) electrons. The average Bonchev–Trinajstić information content (AvgIpc) is 2.72. The van der Waals surface area contributed by atoms with Crippen LogP contribution in [0.15, 0.2) is 64.2 Å². The topological polar surface area (TPSA) is 57.9 Å². The summed E-state index contributed by atoms with van der Waals surface area (Å²) < 4.78 is 23.1. The number of benzene rings is 2. The van der Waals surface area contributed by atoms with Gasteiger partial charge in [0, 0.05) is 6.07 Å². The monoisotopic (exact) mass is 418 g/mol. The largest absolute Gasteiger partial charge is 0.495 e. The number of allylic oxidation sites excluding steroid dienone is 1. The Hall–Kier alpha value is -3.47. The van der Waals surface area contributed by atoms with E-state index in [4.69, 9.17) is 18.6 Å². The van der Waals surface area contributed by atoms with Crippen LogP contribution in [-0.2, 0) is 0 Å². The van der Waals surface area contributed by atoms with Crippen molar-refractivity contribution in [2.24, 2.45) is 5.92 Å². The summed E-state index contributed by atoms with van der Waals surface area (Å²) in [7, 11) is 1.55. The molecule has 0 spiro atoms. The molecule has 0 saturated heterocycles. The van der Waals surface area contributed by atoms with Crippen LogP contribution in [0, 0.1) is 5.92 Å². The first kappa shape index (κ1) is 20.8. The van der Waals surface area contributed by atoms with Gasteiger partial charge in [0.1, 0.15) is 40.1 Å². The minimum absolute atomic E-state index is 0.160. The normalized spacial score (nSPS) is 14.6. The SMILES string of the molecule is COc1c2c(cc3occ(-c4ccc(O/C=C/C(C)C)cc4)c(=O)c13)OC(C)(C)C=C2. The second-order valence-electron chi connectivity index (χ2n) is 8.43. The first-order valence-electron chi connectivity index (χ1n) is 10.3. The van der Waals surface area contributed by atoms with Gasteiger partial charge in [-0.25, -0.2) is 0 Å². The molecule has 5 heteroatoms. The minimum Gasteiger partial charge on any atom is -0.495 e. The first-order chi connectivity index (χ1) is 14.8. The molecule has 5 nitrogen and oxygen atoms in total. The summed E-state index contributed by atoms with van der Waals surface area (Å²) in [5.74, 6) is 2.19. The van der Waals surface area contributed by atoms with Crippen LogP contribution in [-0.4, -0.2) is 12.7 Å². The molecule has 1 aliphatic rings. The van der Waals surface area contributed by atoms with Gasteiger partial charge in [-0.1, -0.05) is 26.0 Å². The summed E-state index contributed by atoms with van der Waals surface area (Å²) in [5.41, 5.74) is 1.75. The molecule has 31 heavy (non-hydrogen) atoms. The molecule has 0 aliphatic carbocycles. The van der Waals surface area contributed by atoms with E-state index in [9.17, 15) is 4.79 Å². The van der Waals surface area contributed by atoms with Crippen LogP contribution in [0.25, 0.3) is 28.2 Å². The third-order valence-corrected chi connectivity index (χ3v) is 5.08. The van der Waals surface area contributed by atoms with Crippen molar-refractivity contribution >= 4 is 17.0 Å². The average molecular weight is 418 g/mol. The Morgan fingerprint density at radius 2 is 1.87 bits per heavy atom. The van der Waals surface area contributed by atoms with Crippen molar-refractivity contribution in [3.05, 3.63) is 70.8 Å². The van der Waals surface area contributed by atoms with Crippen molar-refractivity contribution in [3.63, 3.8) is 0 Å². The van der Waals surface area contributed by atoms with Crippen LogP contribution in [0.3, 0.4) is 0 Å². The first-order valence-corrected chi connectivity index (χ1v) is 10.3. The van der Waals surface area contributed by atoms with Crippen LogP contribution in [0.5, 0.6) is 17.2 Å². The van der Waals surface area contributed by atoms with Gasteiger partial charge in [0.2, 0.25) is 5.43 Å². The molecule has 0 atom stereocenters. The van der Waals surface area contributed by atoms with Gasteiger partial charge < -0.3 is 18.6 Å². The van der Waals surface area contributed by atoms with Crippen molar-refractivity contribution in [1.82, 2.24) is 0 Å². The Morgan fingerprint density at radius 1 is 1.13 bits per heavy atom. The number of hydrogen-bond donors (Lipinski definition) is 0. The highest BCUT2D eigenvalue weighted by Crippen LogP contribution is 2.41. The Morgan fingerprint density at radius 3 is 2.55 bits per heavy atom. The Kier molecular flexibility index (Phi) is 5.36. The van der Waals surface area contributed by atoms with Crippen LogP contribution >= 0.6 is 0 Å². The fourth-order valence-corrected chi connectivity index (χ4v) is 3.49. The van der Waals surface area contributed by atoms with E-state index in [1.54, 1.807) is 19.4 Å². The molecule has 160 valence electrons. The smallest absolute Gasteiger partial charge is 0.204 e. The van der Waals surface area contributed by atoms with Crippen molar-refractivity contribution in [2.45, 2.75) is 33.3 Å². The third-order valence-electron chi connectivity index (χ3n) is 5.08. The summed E-state index contributed by atoms with van der Waals surface area (Å²) in [6, 6.07) is 9.08. The van der Waals surface area contributed by atoms with Gasteiger partial charge in [0.25, 0.3) is 0 Å². The fraction of sp³-hybridized carbons (Fsp3) is 0.269. The molecule has 1 aliphatic heterocycles. The molecule has 1 aromatic heterocycles. The van der Waals surface area contributed by atoms with E-state index in [0.717, 1.165) is 11.1 Å². The lowest BCUT2D eigenvalue weighted by Crippen LogP contribution is -2.27. The lowest BCUT2D eigenvalue weighted by molar-refractivity contribution is 0.158. The number of ether oxygens (including phenoxy) is 3. The minimum atomic E-state index is -0.444. The van der Waals surface area contributed by atoms with E-state index in [2.05, 4.69) is 13.8 Å². The van der Waals surface area contributed by atoms with Gasteiger partial charge in [0.15, 0.2) is 0 Å². The van der Waals surface area contributed by atoms with Crippen LogP contribution in [0.1, 0.15) is 33.3 Å². The standard InChI is InChI=1S/C26H26O5/c1-16(2)11-13-29-18-8-6-17(7-9-18)20-15-30-22-14-21-19(10-12-26(3,4)31-21)25(28-5)23(22)24(20)27/h6-16H,1-5H3/b13-11+. The summed E-state index contributed by atoms with van der Waals surface area (Å²) in [6.45, 7) is 8.09. The molecule has 0 amide bonds. The van der Waals surface area contributed by atoms with E-state index < -0.39 is 5.60 Å². The highest BCUT2D eigenvalue weighted by Gasteiger charge is 2.27. The van der Waals surface area contributed by atoms with Gasteiger partial charge in [-0.05, 0) is 55.7 Å². The quantitative estimate of drug-likeness (QED) is 0.462. The lowest BCUT2D eigenvalue weighted by atomic mass is 9.98. The van der Waals surface area contributed by atoms with Gasteiger partial charge in [-0.2, -0.15) is 0 Å². The van der Waals surface area contributed by atoms with E-state index in [0.29, 0.717) is 39.7 Å². The fourth-order valence-electron chi connectivity index (χ4n) is 3.49. The summed E-state index contributed by atoms with van der Waals surface area (Å²) >= 11 is 0. The van der Waals surface area contributed by atoms with Crippen molar-refractivity contribution in [2.75, 3.05) is 7.11 Å². The molecular formula is C26H26O5. The van der Waals surface area contributed by atoms with Crippen molar-refractivity contribution < 1.29 is 18.6 Å². The molecule has 4 rings (SSSR count). The summed E-state index contributed by atoms with van der Waals surface area (Å²) in [4.78, 5) is 13.4. The number of rotatable bonds is 5. The molecule has 2 aromatic carbocycles. The predicted molar refractivity (Wildman–Crippen MR) is 123 cm³/mol. The maximum Gasteiger partial charge on any atom is 0.204 e.